The highest BCUT2D eigenvalue weighted by molar-refractivity contribution is 5.92. The molecule has 0 aromatic carbocycles. The highest BCUT2D eigenvalue weighted by atomic mass is 16.2. The molecular weight excluding hydrogens is 132 g/mol. The lowest BCUT2D eigenvalue weighted by atomic mass is 10.6. The summed E-state index contributed by atoms with van der Waals surface area (Å²) in [6.07, 6.45) is 0. The number of amides is 2. The zero-order chi connectivity index (χ0) is 8.31. The van der Waals surface area contributed by atoms with Gasteiger partial charge >= 0.3 is 0 Å². The van der Waals surface area contributed by atoms with E-state index in [1.807, 2.05) is 0 Å². The Kier molecular flexibility index (Phi) is 3.02. The van der Waals surface area contributed by atoms with Crippen molar-refractivity contribution in [1.29, 1.82) is 0 Å². The van der Waals surface area contributed by atoms with Gasteiger partial charge in [0.05, 0.1) is 0 Å². The molecule has 2 amide bonds. The fourth-order valence-corrected chi connectivity index (χ4v) is 0.785. The molecule has 0 radical (unpaired) electrons. The highest BCUT2D eigenvalue weighted by Crippen LogP contribution is 1.92. The van der Waals surface area contributed by atoms with Crippen LogP contribution in [-0.2, 0) is 9.59 Å². The molecule has 0 aromatic heterocycles. The molecule has 0 aliphatic carbocycles. The second-order valence-corrected chi connectivity index (χ2v) is 2.20. The van der Waals surface area contributed by atoms with Crippen LogP contribution in [0.5, 0.6) is 0 Å². The van der Waals surface area contributed by atoms with Gasteiger partial charge in [-0.1, -0.05) is 0 Å². The van der Waals surface area contributed by atoms with Crippen molar-refractivity contribution in [2.75, 3.05) is 14.1 Å². The summed E-state index contributed by atoms with van der Waals surface area (Å²) in [5.41, 5.74) is 0. The van der Waals surface area contributed by atoms with Crippen LogP contribution < -0.4 is 0 Å². The Labute approximate surface area is 60.4 Å². The summed E-state index contributed by atoms with van der Waals surface area (Å²) in [4.78, 5) is 21.4. The molecule has 0 aliphatic heterocycles. The summed E-state index contributed by atoms with van der Waals surface area (Å²) < 4.78 is 0. The van der Waals surface area contributed by atoms with Gasteiger partial charge in [-0.25, -0.2) is 10.0 Å². The van der Waals surface area contributed by atoms with Gasteiger partial charge in [0.15, 0.2) is 0 Å². The zero-order valence-electron chi connectivity index (χ0n) is 6.71. The predicted octanol–water partition coefficient (Wildman–Crippen LogP) is -0.142. The Morgan fingerprint density at radius 2 is 1.30 bits per heavy atom. The lowest BCUT2D eigenvalue weighted by molar-refractivity contribution is -0.156. The second-order valence-electron chi connectivity index (χ2n) is 2.20. The number of hydrogen-bond donors (Lipinski definition) is 0. The van der Waals surface area contributed by atoms with Crippen molar-refractivity contribution < 1.29 is 9.59 Å². The number of hydrazine groups is 1. The summed E-state index contributed by atoms with van der Waals surface area (Å²) in [5.74, 6) is -0.532. The molecule has 0 N–H and O–H groups in total. The van der Waals surface area contributed by atoms with Gasteiger partial charge < -0.3 is 0 Å². The van der Waals surface area contributed by atoms with Crippen LogP contribution in [0.15, 0.2) is 0 Å². The van der Waals surface area contributed by atoms with Crippen molar-refractivity contribution in [3.05, 3.63) is 0 Å². The maximum atomic E-state index is 10.7. The molecule has 0 saturated heterocycles. The number of rotatable bonds is 1. The Morgan fingerprint density at radius 3 is 1.30 bits per heavy atom. The number of imide groups is 1. The molecule has 0 heterocycles. The largest absolute Gasteiger partial charge is 0.273 e. The van der Waals surface area contributed by atoms with E-state index >= 15 is 0 Å². The third-order valence-electron chi connectivity index (χ3n) is 0.997. The lowest BCUT2D eigenvalue weighted by Gasteiger charge is -2.23. The van der Waals surface area contributed by atoms with E-state index in [-0.39, 0.29) is 11.8 Å². The van der Waals surface area contributed by atoms with Gasteiger partial charge in [0.25, 0.3) is 0 Å². The molecule has 0 bridgehead atoms. The molecule has 4 nitrogen and oxygen atoms in total. The van der Waals surface area contributed by atoms with Gasteiger partial charge in [-0.3, -0.25) is 9.59 Å². The topological polar surface area (TPSA) is 40.6 Å². The smallest absolute Gasteiger partial charge is 0.240 e. The summed E-state index contributed by atoms with van der Waals surface area (Å²) >= 11 is 0. The van der Waals surface area contributed by atoms with Crippen LogP contribution in [0.1, 0.15) is 13.8 Å². The maximum Gasteiger partial charge on any atom is 0.240 e. The van der Waals surface area contributed by atoms with E-state index in [2.05, 4.69) is 0 Å². The molecule has 0 unspecified atom stereocenters. The number of carbonyl (C=O) groups is 2. The van der Waals surface area contributed by atoms with Gasteiger partial charge in [0.2, 0.25) is 11.8 Å². The van der Waals surface area contributed by atoms with Gasteiger partial charge in [-0.05, 0) is 0 Å². The summed E-state index contributed by atoms with van der Waals surface area (Å²) in [7, 11) is 3.28. The van der Waals surface area contributed by atoms with E-state index in [1.54, 1.807) is 14.1 Å². The normalized spacial score (nSPS) is 9.70. The van der Waals surface area contributed by atoms with Crippen LogP contribution >= 0.6 is 0 Å². The fraction of sp³-hybridized carbons (Fsp3) is 0.667. The van der Waals surface area contributed by atoms with Crippen LogP contribution in [0.3, 0.4) is 0 Å². The molecule has 4 heteroatoms. The molecule has 0 aliphatic rings. The van der Waals surface area contributed by atoms with E-state index < -0.39 is 0 Å². The van der Waals surface area contributed by atoms with Gasteiger partial charge in [0.1, 0.15) is 0 Å². The molecule has 0 fully saturated rings. The van der Waals surface area contributed by atoms with E-state index in [1.165, 1.54) is 18.9 Å². The molecule has 0 aromatic rings. The minimum absolute atomic E-state index is 0.266. The average molecular weight is 144 g/mol. The second kappa shape index (κ2) is 3.31. The van der Waals surface area contributed by atoms with E-state index in [4.69, 9.17) is 0 Å². The van der Waals surface area contributed by atoms with E-state index in [0.29, 0.717) is 0 Å². The Morgan fingerprint density at radius 1 is 1.00 bits per heavy atom. The maximum absolute atomic E-state index is 10.7. The van der Waals surface area contributed by atoms with Crippen LogP contribution in [0.4, 0.5) is 0 Å². The fourth-order valence-electron chi connectivity index (χ4n) is 0.785. The predicted molar refractivity (Wildman–Crippen MR) is 36.9 cm³/mol. The minimum Gasteiger partial charge on any atom is -0.273 e. The number of carbonyl (C=O) groups excluding carboxylic acids is 2. The van der Waals surface area contributed by atoms with Crippen molar-refractivity contribution in [3.8, 4) is 0 Å². The monoisotopic (exact) mass is 144 g/mol. The van der Waals surface area contributed by atoms with Crippen molar-refractivity contribution >= 4 is 11.8 Å². The lowest BCUT2D eigenvalue weighted by Crippen LogP contribution is -2.43. The molecule has 0 rings (SSSR count). The highest BCUT2D eigenvalue weighted by Gasteiger charge is 2.14. The Hall–Kier alpha value is -0.900. The standard InChI is InChI=1S/C6H12N2O2/c1-5(9)8(6(2)10)7(3)4/h1-4H3. The average Bonchev–Trinajstić information content (AvgIpc) is 1.59. The number of nitrogens with zero attached hydrogens (tertiary/aromatic N) is 2. The third kappa shape index (κ3) is 2.14. The van der Waals surface area contributed by atoms with Crippen molar-refractivity contribution in [2.24, 2.45) is 0 Å². The van der Waals surface area contributed by atoms with Gasteiger partial charge in [-0.2, -0.15) is 0 Å². The van der Waals surface area contributed by atoms with Crippen molar-refractivity contribution in [2.45, 2.75) is 13.8 Å². The molecule has 0 atom stereocenters. The third-order valence-corrected chi connectivity index (χ3v) is 0.997. The molecule has 58 valence electrons. The first kappa shape index (κ1) is 9.10. The summed E-state index contributed by atoms with van der Waals surface area (Å²) in [6.45, 7) is 2.70. The van der Waals surface area contributed by atoms with Crippen molar-refractivity contribution in [3.63, 3.8) is 0 Å². The number of hydrogen-bond acceptors (Lipinski definition) is 3. The SMILES string of the molecule is CC(=O)N(C(C)=O)N(C)C. The van der Waals surface area contributed by atoms with Crippen LogP contribution in [0, 0.1) is 0 Å². The van der Waals surface area contributed by atoms with E-state index in [9.17, 15) is 9.59 Å². The molecule has 10 heavy (non-hydrogen) atoms. The first-order valence-electron chi connectivity index (χ1n) is 2.95. The zero-order valence-corrected chi connectivity index (χ0v) is 6.71. The van der Waals surface area contributed by atoms with Gasteiger partial charge in [-0.15, -0.1) is 0 Å². The first-order valence-corrected chi connectivity index (χ1v) is 2.95. The van der Waals surface area contributed by atoms with Crippen LogP contribution in [0.25, 0.3) is 0 Å². The first-order chi connectivity index (χ1) is 4.46. The molecular formula is C6H12N2O2. The van der Waals surface area contributed by atoms with Gasteiger partial charge in [0, 0.05) is 27.9 Å². The van der Waals surface area contributed by atoms with Crippen molar-refractivity contribution in [1.82, 2.24) is 10.0 Å². The molecule has 0 saturated carbocycles. The quantitative estimate of drug-likeness (QED) is 0.481. The minimum atomic E-state index is -0.266. The van der Waals surface area contributed by atoms with Crippen LogP contribution in [-0.4, -0.2) is 35.9 Å². The molecule has 0 spiro atoms. The Balaban J connectivity index is 4.27. The summed E-state index contributed by atoms with van der Waals surface area (Å²) in [6, 6.07) is 0. The van der Waals surface area contributed by atoms with Crippen LogP contribution in [0.2, 0.25) is 0 Å². The summed E-state index contributed by atoms with van der Waals surface area (Å²) in [5, 5.41) is 2.50. The Bertz CT molecular complexity index is 140. The van der Waals surface area contributed by atoms with E-state index in [0.717, 1.165) is 5.01 Å².